The van der Waals surface area contributed by atoms with Crippen molar-refractivity contribution in [2.24, 2.45) is 5.10 Å². The van der Waals surface area contributed by atoms with Crippen LogP contribution in [-0.4, -0.2) is 36.8 Å². The van der Waals surface area contributed by atoms with Crippen LogP contribution in [0.25, 0.3) is 11.8 Å². The van der Waals surface area contributed by atoms with Crippen LogP contribution in [0, 0.1) is 5.82 Å². The van der Waals surface area contributed by atoms with Gasteiger partial charge in [0.2, 0.25) is 5.91 Å². The molecule has 0 saturated heterocycles. The molecule has 0 N–H and O–H groups in total. The van der Waals surface area contributed by atoms with Gasteiger partial charge < -0.3 is 9.64 Å². The lowest BCUT2D eigenvalue weighted by molar-refractivity contribution is -0.134. The Morgan fingerprint density at radius 3 is 2.56 bits per heavy atom. The van der Waals surface area contributed by atoms with Gasteiger partial charge in [0.25, 0.3) is 0 Å². The number of halogens is 1. The van der Waals surface area contributed by atoms with Crippen molar-refractivity contribution in [2.75, 3.05) is 19.1 Å². The van der Waals surface area contributed by atoms with Crippen LogP contribution in [0.4, 0.5) is 10.1 Å². The van der Waals surface area contributed by atoms with E-state index in [1.54, 1.807) is 18.1 Å². The molecule has 7 heteroatoms. The average Bonchev–Trinajstić information content (AvgIpc) is 3.33. The van der Waals surface area contributed by atoms with Crippen molar-refractivity contribution in [1.29, 1.82) is 0 Å². The molecule has 3 heterocycles. The van der Waals surface area contributed by atoms with E-state index in [0.717, 1.165) is 22.4 Å². The number of nitrogens with zero attached hydrogens (tertiary/aromatic N) is 3. The number of ether oxygens (including phenoxy) is 1. The monoisotopic (exact) mass is 453 g/mol. The number of hydrogen-bond acceptors (Lipinski definition) is 5. The SMILES string of the molecule is COC(=O)C1=NN2C(c3ccccc3)=Cc3ccccc3[C@H]2[C@]12C(=O)N(C)c1ccc(F)cc12. The summed E-state index contributed by atoms with van der Waals surface area (Å²) in [4.78, 5) is 28.7. The van der Waals surface area contributed by atoms with Crippen LogP contribution in [0.2, 0.25) is 0 Å². The van der Waals surface area contributed by atoms with Gasteiger partial charge in [-0.2, -0.15) is 5.10 Å². The molecule has 0 saturated carbocycles. The van der Waals surface area contributed by atoms with E-state index in [0.29, 0.717) is 11.3 Å². The van der Waals surface area contributed by atoms with Crippen molar-refractivity contribution in [3.8, 4) is 0 Å². The quantitative estimate of drug-likeness (QED) is 0.548. The van der Waals surface area contributed by atoms with Gasteiger partial charge in [0.05, 0.1) is 12.8 Å². The Morgan fingerprint density at radius 2 is 1.79 bits per heavy atom. The molecule has 0 unspecified atom stereocenters. The van der Waals surface area contributed by atoms with Gasteiger partial charge in [-0.05, 0) is 41.0 Å². The highest BCUT2D eigenvalue weighted by Gasteiger charge is 2.67. The standard InChI is InChI=1S/C27H20FN3O3/c1-30-21-13-12-18(28)15-20(21)27(26(30)33)23(25(32)34-2)29-31-22(16-8-4-3-5-9-16)14-17-10-6-7-11-19(17)24(27)31/h3-15,24H,1-2H3/t24-,27+/m0/s1. The minimum absolute atomic E-state index is 0.0558. The van der Waals surface area contributed by atoms with Crippen LogP contribution in [0.15, 0.2) is 77.9 Å². The number of amides is 1. The maximum Gasteiger partial charge on any atom is 0.355 e. The van der Waals surface area contributed by atoms with Crippen LogP contribution in [0.1, 0.15) is 28.3 Å². The summed E-state index contributed by atoms with van der Waals surface area (Å²) in [6.45, 7) is 0. The second-order valence-corrected chi connectivity index (χ2v) is 8.55. The zero-order valence-corrected chi connectivity index (χ0v) is 18.5. The second kappa shape index (κ2) is 7.12. The number of rotatable bonds is 2. The summed E-state index contributed by atoms with van der Waals surface area (Å²) >= 11 is 0. The first-order valence-electron chi connectivity index (χ1n) is 10.9. The van der Waals surface area contributed by atoms with Gasteiger partial charge in [0.15, 0.2) is 11.1 Å². The maximum atomic E-state index is 14.6. The molecular formula is C27H20FN3O3. The number of methoxy groups -OCH3 is 1. The highest BCUT2D eigenvalue weighted by atomic mass is 19.1. The Bertz CT molecular complexity index is 1430. The fourth-order valence-corrected chi connectivity index (χ4v) is 5.44. The predicted octanol–water partition coefficient (Wildman–Crippen LogP) is 4.14. The molecule has 3 aromatic carbocycles. The van der Waals surface area contributed by atoms with Gasteiger partial charge in [-0.25, -0.2) is 9.18 Å². The van der Waals surface area contributed by atoms with Crippen molar-refractivity contribution in [3.05, 3.63) is 101 Å². The summed E-state index contributed by atoms with van der Waals surface area (Å²) in [5.41, 5.74) is 2.67. The first kappa shape index (κ1) is 20.4. The molecule has 34 heavy (non-hydrogen) atoms. The number of esters is 1. The lowest BCUT2D eigenvalue weighted by Crippen LogP contribution is -2.51. The zero-order chi connectivity index (χ0) is 23.6. The molecule has 3 aromatic rings. The van der Waals surface area contributed by atoms with Crippen molar-refractivity contribution in [3.63, 3.8) is 0 Å². The second-order valence-electron chi connectivity index (χ2n) is 8.55. The molecule has 0 aliphatic carbocycles. The summed E-state index contributed by atoms with van der Waals surface area (Å²) in [7, 11) is 2.89. The Balaban J connectivity index is 1.71. The first-order valence-corrected chi connectivity index (χ1v) is 10.9. The third-order valence-corrected chi connectivity index (χ3v) is 6.90. The highest BCUT2D eigenvalue weighted by molar-refractivity contribution is 6.48. The number of carbonyl (C=O) groups excluding carboxylic acids is 2. The minimum atomic E-state index is -1.57. The molecule has 168 valence electrons. The average molecular weight is 453 g/mol. The van der Waals surface area contributed by atoms with Crippen molar-refractivity contribution in [2.45, 2.75) is 11.5 Å². The van der Waals surface area contributed by atoms with E-state index in [1.165, 1.54) is 24.1 Å². The van der Waals surface area contributed by atoms with Gasteiger partial charge >= 0.3 is 5.97 Å². The van der Waals surface area contributed by atoms with E-state index in [4.69, 9.17) is 9.84 Å². The van der Waals surface area contributed by atoms with Gasteiger partial charge in [-0.3, -0.25) is 9.80 Å². The number of benzene rings is 3. The Morgan fingerprint density at radius 1 is 1.06 bits per heavy atom. The van der Waals surface area contributed by atoms with Crippen LogP contribution < -0.4 is 4.90 Å². The number of anilines is 1. The van der Waals surface area contributed by atoms with E-state index >= 15 is 0 Å². The summed E-state index contributed by atoms with van der Waals surface area (Å²) in [6, 6.07) is 20.9. The maximum absolute atomic E-state index is 14.6. The molecule has 0 fully saturated rings. The number of carbonyl (C=O) groups is 2. The number of fused-ring (bicyclic) bond motifs is 6. The molecule has 1 amide bonds. The molecular weight excluding hydrogens is 433 g/mol. The molecule has 3 aliphatic rings. The van der Waals surface area contributed by atoms with Crippen LogP contribution in [-0.2, 0) is 19.7 Å². The lowest BCUT2D eigenvalue weighted by atomic mass is 9.68. The normalized spacial score (nSPS) is 22.2. The molecule has 2 atom stereocenters. The molecule has 0 bridgehead atoms. The van der Waals surface area contributed by atoms with E-state index in [-0.39, 0.29) is 11.6 Å². The van der Waals surface area contributed by atoms with E-state index < -0.39 is 23.2 Å². The smallest absolute Gasteiger partial charge is 0.355 e. The van der Waals surface area contributed by atoms with Gasteiger partial charge in [0, 0.05) is 18.3 Å². The van der Waals surface area contributed by atoms with Gasteiger partial charge in [-0.1, -0.05) is 54.6 Å². The first-order chi connectivity index (χ1) is 16.5. The fraction of sp³-hybridized carbons (Fsp3) is 0.148. The third kappa shape index (κ3) is 2.46. The molecule has 6 rings (SSSR count). The molecule has 0 radical (unpaired) electrons. The van der Waals surface area contributed by atoms with Crippen molar-refractivity contribution >= 4 is 35.0 Å². The Labute approximate surface area is 195 Å². The number of hydrogen-bond donors (Lipinski definition) is 0. The third-order valence-electron chi connectivity index (χ3n) is 6.90. The largest absolute Gasteiger partial charge is 0.464 e. The Hall–Kier alpha value is -4.26. The molecule has 6 nitrogen and oxygen atoms in total. The van der Waals surface area contributed by atoms with E-state index in [1.807, 2.05) is 60.7 Å². The van der Waals surface area contributed by atoms with Crippen molar-refractivity contribution < 1.29 is 18.7 Å². The summed E-state index contributed by atoms with van der Waals surface area (Å²) < 4.78 is 19.7. The topological polar surface area (TPSA) is 62.2 Å². The highest BCUT2D eigenvalue weighted by Crippen LogP contribution is 2.58. The minimum Gasteiger partial charge on any atom is -0.464 e. The summed E-state index contributed by atoms with van der Waals surface area (Å²) in [5, 5.41) is 6.44. The molecule has 3 aliphatic heterocycles. The van der Waals surface area contributed by atoms with Gasteiger partial charge in [0.1, 0.15) is 11.9 Å². The lowest BCUT2D eigenvalue weighted by Gasteiger charge is -2.39. The van der Waals surface area contributed by atoms with Crippen LogP contribution >= 0.6 is 0 Å². The fourth-order valence-electron chi connectivity index (χ4n) is 5.44. The molecule has 1 spiro atoms. The Kier molecular flexibility index (Phi) is 4.26. The summed E-state index contributed by atoms with van der Waals surface area (Å²) in [5.74, 6) is -1.57. The van der Waals surface area contributed by atoms with Gasteiger partial charge in [-0.15, -0.1) is 0 Å². The van der Waals surface area contributed by atoms with E-state index in [9.17, 15) is 14.0 Å². The predicted molar refractivity (Wildman–Crippen MR) is 126 cm³/mol. The number of hydrazone groups is 1. The zero-order valence-electron chi connectivity index (χ0n) is 18.5. The van der Waals surface area contributed by atoms with Crippen LogP contribution in [0.3, 0.4) is 0 Å². The van der Waals surface area contributed by atoms with Crippen LogP contribution in [0.5, 0.6) is 0 Å². The number of likely N-dealkylation sites (N-methyl/N-ethyl adjacent to an activating group) is 1. The molecule has 0 aromatic heterocycles. The van der Waals surface area contributed by atoms with Crippen molar-refractivity contribution in [1.82, 2.24) is 5.01 Å². The summed E-state index contributed by atoms with van der Waals surface area (Å²) in [6.07, 6.45) is 1.99. The van der Waals surface area contributed by atoms with E-state index in [2.05, 4.69) is 0 Å².